The van der Waals surface area contributed by atoms with Crippen molar-refractivity contribution in [3.05, 3.63) is 57.6 Å². The molecule has 3 heteroatoms. The minimum atomic E-state index is 0.299. The van der Waals surface area contributed by atoms with Gasteiger partial charge in [-0.1, -0.05) is 37.6 Å². The van der Waals surface area contributed by atoms with Crippen molar-refractivity contribution in [3.8, 4) is 11.5 Å². The molecular formula is C18H23ClO2. The Labute approximate surface area is 132 Å². The van der Waals surface area contributed by atoms with Crippen LogP contribution in [0.1, 0.15) is 42.0 Å². The smallest absolute Gasteiger partial charge is 0.122 e. The summed E-state index contributed by atoms with van der Waals surface area (Å²) in [5, 5.41) is 19.0. The molecule has 2 aromatic rings. The highest BCUT2D eigenvalue weighted by molar-refractivity contribution is 6.31. The second-order valence-electron chi connectivity index (χ2n) is 5.53. The van der Waals surface area contributed by atoms with Crippen LogP contribution in [0.4, 0.5) is 0 Å². The molecule has 114 valence electrons. The average Bonchev–Trinajstić information content (AvgIpc) is 2.41. The Kier molecular flexibility index (Phi) is 6.10. The summed E-state index contributed by atoms with van der Waals surface area (Å²) in [7, 11) is 0. The van der Waals surface area contributed by atoms with Crippen LogP contribution < -0.4 is 0 Å². The van der Waals surface area contributed by atoms with E-state index in [9.17, 15) is 5.11 Å². The fourth-order valence-corrected chi connectivity index (χ4v) is 2.27. The zero-order valence-corrected chi connectivity index (χ0v) is 14.0. The van der Waals surface area contributed by atoms with Gasteiger partial charge in [-0.2, -0.15) is 0 Å². The van der Waals surface area contributed by atoms with Gasteiger partial charge in [0.1, 0.15) is 11.5 Å². The Hall–Kier alpha value is -1.67. The van der Waals surface area contributed by atoms with Gasteiger partial charge in [-0.15, -0.1) is 0 Å². The van der Waals surface area contributed by atoms with Gasteiger partial charge in [-0.3, -0.25) is 0 Å². The van der Waals surface area contributed by atoms with E-state index in [0.29, 0.717) is 22.4 Å². The molecule has 2 rings (SSSR count). The van der Waals surface area contributed by atoms with E-state index in [1.165, 1.54) is 11.1 Å². The minimum Gasteiger partial charge on any atom is -0.508 e. The van der Waals surface area contributed by atoms with Crippen molar-refractivity contribution < 1.29 is 10.2 Å². The molecule has 0 aliphatic rings. The average molecular weight is 307 g/mol. The van der Waals surface area contributed by atoms with Crippen molar-refractivity contribution in [3.63, 3.8) is 0 Å². The molecule has 0 saturated carbocycles. The number of hydrogen-bond donors (Lipinski definition) is 2. The first-order valence-electron chi connectivity index (χ1n) is 6.98. The molecule has 21 heavy (non-hydrogen) atoms. The summed E-state index contributed by atoms with van der Waals surface area (Å²) >= 11 is 5.73. The van der Waals surface area contributed by atoms with Crippen LogP contribution in [0.2, 0.25) is 5.02 Å². The maximum atomic E-state index is 9.30. The van der Waals surface area contributed by atoms with Gasteiger partial charge in [-0.25, -0.2) is 0 Å². The molecule has 2 nitrogen and oxygen atoms in total. The highest BCUT2D eigenvalue weighted by atomic mass is 35.5. The third-order valence-corrected chi connectivity index (χ3v) is 3.85. The molecule has 0 aliphatic carbocycles. The standard InChI is InChI=1S/C10H14O.C8H9ClO/c1-7(2)10-5-4-9(11)6-8(10)3;1-5-3-4-7(9)6(2)8(5)10/h4-7,11H,1-3H3;3-4,10H,1-2H3. The number of phenols is 2. The first kappa shape index (κ1) is 17.4. The summed E-state index contributed by atoms with van der Waals surface area (Å²) in [4.78, 5) is 0. The Morgan fingerprint density at radius 3 is 2.00 bits per heavy atom. The lowest BCUT2D eigenvalue weighted by Gasteiger charge is -2.08. The maximum absolute atomic E-state index is 9.30. The normalized spacial score (nSPS) is 10.2. The summed E-state index contributed by atoms with van der Waals surface area (Å²) in [6, 6.07) is 9.10. The number of phenolic OH excluding ortho intramolecular Hbond substituents is 2. The lowest BCUT2D eigenvalue weighted by atomic mass is 9.98. The summed E-state index contributed by atoms with van der Waals surface area (Å²) in [6.45, 7) is 9.97. The van der Waals surface area contributed by atoms with Gasteiger partial charge in [0, 0.05) is 10.6 Å². The van der Waals surface area contributed by atoms with E-state index >= 15 is 0 Å². The number of rotatable bonds is 1. The van der Waals surface area contributed by atoms with E-state index in [2.05, 4.69) is 13.8 Å². The molecule has 0 amide bonds. The van der Waals surface area contributed by atoms with E-state index in [1.807, 2.05) is 19.9 Å². The topological polar surface area (TPSA) is 40.5 Å². The van der Waals surface area contributed by atoms with E-state index in [0.717, 1.165) is 11.1 Å². The van der Waals surface area contributed by atoms with Gasteiger partial charge in [0.05, 0.1) is 0 Å². The van der Waals surface area contributed by atoms with E-state index < -0.39 is 0 Å². The molecule has 0 unspecified atom stereocenters. The molecular weight excluding hydrogens is 284 g/mol. The Bertz CT molecular complexity index is 592. The third kappa shape index (κ3) is 4.68. The lowest BCUT2D eigenvalue weighted by molar-refractivity contribution is 0.467. The fourth-order valence-electron chi connectivity index (χ4n) is 2.12. The monoisotopic (exact) mass is 306 g/mol. The molecule has 0 radical (unpaired) electrons. The molecule has 0 spiro atoms. The fraction of sp³-hybridized carbons (Fsp3) is 0.333. The summed E-state index contributed by atoms with van der Waals surface area (Å²) in [5.74, 6) is 1.19. The van der Waals surface area contributed by atoms with Crippen LogP contribution in [-0.4, -0.2) is 10.2 Å². The van der Waals surface area contributed by atoms with Crippen LogP contribution in [0.15, 0.2) is 30.3 Å². The van der Waals surface area contributed by atoms with Crippen LogP contribution >= 0.6 is 11.6 Å². The van der Waals surface area contributed by atoms with Crippen molar-refractivity contribution >= 4 is 11.6 Å². The van der Waals surface area contributed by atoms with Gasteiger partial charge in [0.15, 0.2) is 0 Å². The van der Waals surface area contributed by atoms with Crippen LogP contribution in [0.5, 0.6) is 11.5 Å². The van der Waals surface area contributed by atoms with Gasteiger partial charge < -0.3 is 10.2 Å². The van der Waals surface area contributed by atoms with Crippen molar-refractivity contribution in [2.45, 2.75) is 40.5 Å². The first-order chi connectivity index (χ1) is 9.73. The molecule has 2 aromatic carbocycles. The molecule has 2 N–H and O–H groups in total. The molecule has 0 fully saturated rings. The van der Waals surface area contributed by atoms with Gasteiger partial charge in [-0.05, 0) is 61.6 Å². The number of aryl methyl sites for hydroxylation is 2. The molecule has 0 atom stereocenters. The largest absolute Gasteiger partial charge is 0.508 e. The van der Waals surface area contributed by atoms with Gasteiger partial charge in [0.2, 0.25) is 0 Å². The van der Waals surface area contributed by atoms with E-state index in [1.54, 1.807) is 31.2 Å². The highest BCUT2D eigenvalue weighted by Crippen LogP contribution is 2.27. The van der Waals surface area contributed by atoms with Crippen LogP contribution in [-0.2, 0) is 0 Å². The SMILES string of the molecule is Cc1cc(O)ccc1C(C)C.Cc1ccc(Cl)c(C)c1O. The zero-order valence-electron chi connectivity index (χ0n) is 13.2. The predicted molar refractivity (Wildman–Crippen MR) is 89.5 cm³/mol. The molecule has 0 bridgehead atoms. The molecule has 0 saturated heterocycles. The third-order valence-electron chi connectivity index (χ3n) is 3.44. The van der Waals surface area contributed by atoms with Gasteiger partial charge in [0.25, 0.3) is 0 Å². The highest BCUT2D eigenvalue weighted by Gasteiger charge is 2.03. The second-order valence-corrected chi connectivity index (χ2v) is 5.94. The number of hydrogen-bond acceptors (Lipinski definition) is 2. The Morgan fingerprint density at radius 1 is 0.905 bits per heavy atom. The van der Waals surface area contributed by atoms with Crippen molar-refractivity contribution in [2.24, 2.45) is 0 Å². The Morgan fingerprint density at radius 2 is 1.52 bits per heavy atom. The summed E-state index contributed by atoms with van der Waals surface area (Å²) < 4.78 is 0. The maximum Gasteiger partial charge on any atom is 0.122 e. The quantitative estimate of drug-likeness (QED) is 0.731. The molecule has 0 aliphatic heterocycles. The number of benzene rings is 2. The summed E-state index contributed by atoms with van der Waals surface area (Å²) in [5.41, 5.74) is 4.09. The van der Waals surface area contributed by atoms with E-state index in [-0.39, 0.29) is 0 Å². The molecule has 0 aromatic heterocycles. The van der Waals surface area contributed by atoms with Crippen LogP contribution in [0.25, 0.3) is 0 Å². The predicted octanol–water partition coefficient (Wildman–Crippen LogP) is 5.49. The van der Waals surface area contributed by atoms with Gasteiger partial charge >= 0.3 is 0 Å². The van der Waals surface area contributed by atoms with Crippen molar-refractivity contribution in [1.29, 1.82) is 0 Å². The van der Waals surface area contributed by atoms with Crippen molar-refractivity contribution in [1.82, 2.24) is 0 Å². The minimum absolute atomic E-state index is 0.299. The van der Waals surface area contributed by atoms with E-state index in [4.69, 9.17) is 16.7 Å². The number of aromatic hydroxyl groups is 2. The molecule has 0 heterocycles. The number of halogens is 1. The first-order valence-corrected chi connectivity index (χ1v) is 7.36. The summed E-state index contributed by atoms with van der Waals surface area (Å²) in [6.07, 6.45) is 0. The lowest BCUT2D eigenvalue weighted by Crippen LogP contribution is -1.90. The van der Waals surface area contributed by atoms with Crippen molar-refractivity contribution in [2.75, 3.05) is 0 Å². The zero-order chi connectivity index (χ0) is 16.2. The van der Waals surface area contributed by atoms with Crippen LogP contribution in [0, 0.1) is 20.8 Å². The van der Waals surface area contributed by atoms with Crippen LogP contribution in [0.3, 0.4) is 0 Å². The second kappa shape index (κ2) is 7.37. The Balaban J connectivity index is 0.000000211.